The van der Waals surface area contributed by atoms with Crippen molar-refractivity contribution < 1.29 is 9.90 Å². The van der Waals surface area contributed by atoms with E-state index in [4.69, 9.17) is 0 Å². The van der Waals surface area contributed by atoms with Crippen LogP contribution in [0, 0.1) is 50.7 Å². The lowest BCUT2D eigenvalue weighted by atomic mass is 9.33. The molecule has 3 fully saturated rings. The Kier molecular flexibility index (Phi) is 4.73. The van der Waals surface area contributed by atoms with E-state index >= 15 is 0 Å². The van der Waals surface area contributed by atoms with Gasteiger partial charge in [0.15, 0.2) is 5.78 Å². The third-order valence-electron chi connectivity index (χ3n) is 12.6. The molecular formula is C30H46O2. The van der Waals surface area contributed by atoms with Crippen LogP contribution in [0.15, 0.2) is 23.3 Å². The first-order valence-electron chi connectivity index (χ1n) is 13.3. The number of hydrogen-bond acceptors (Lipinski definition) is 2. The number of aliphatic hydroxyl groups is 1. The van der Waals surface area contributed by atoms with Crippen molar-refractivity contribution >= 4 is 5.78 Å². The molecule has 0 aliphatic heterocycles. The van der Waals surface area contributed by atoms with Gasteiger partial charge in [0.2, 0.25) is 0 Å². The van der Waals surface area contributed by atoms with Crippen LogP contribution in [0.5, 0.6) is 0 Å². The maximum absolute atomic E-state index is 14.2. The van der Waals surface area contributed by atoms with Crippen LogP contribution < -0.4 is 0 Å². The van der Waals surface area contributed by atoms with E-state index in [0.717, 1.165) is 32.1 Å². The molecule has 0 saturated heterocycles. The molecule has 0 aromatic carbocycles. The highest BCUT2D eigenvalue weighted by molar-refractivity contribution is 5.95. The van der Waals surface area contributed by atoms with Crippen molar-refractivity contribution in [3.63, 3.8) is 0 Å². The number of rotatable bonds is 0. The molecule has 0 aromatic heterocycles. The van der Waals surface area contributed by atoms with Gasteiger partial charge < -0.3 is 5.11 Å². The SMILES string of the molecule is CC1=CC[C@]2(C)CC[C@]3(C)C(=CC(=O)[C@@H]4[C@@]5(C)CC[C@H](O)C(C)(C)[C@H]5CC[C@]43C)[C@@H]2[C@H]1C. The summed E-state index contributed by atoms with van der Waals surface area (Å²) in [4.78, 5) is 14.2. The smallest absolute Gasteiger partial charge is 0.159 e. The molecule has 0 bridgehead atoms. The van der Waals surface area contributed by atoms with E-state index in [9.17, 15) is 9.90 Å². The second kappa shape index (κ2) is 6.61. The monoisotopic (exact) mass is 438 g/mol. The number of carbonyl (C=O) groups is 1. The molecule has 3 saturated carbocycles. The highest BCUT2D eigenvalue weighted by Gasteiger charge is 2.69. The van der Waals surface area contributed by atoms with Gasteiger partial charge in [-0.05, 0) is 103 Å². The van der Waals surface area contributed by atoms with E-state index in [1.165, 1.54) is 24.0 Å². The summed E-state index contributed by atoms with van der Waals surface area (Å²) in [7, 11) is 0. The van der Waals surface area contributed by atoms with Gasteiger partial charge in [-0.25, -0.2) is 0 Å². The fourth-order valence-corrected chi connectivity index (χ4v) is 10.3. The Morgan fingerprint density at radius 1 is 0.969 bits per heavy atom. The zero-order valence-corrected chi connectivity index (χ0v) is 21.8. The number of aliphatic hydroxyl groups excluding tert-OH is 1. The Bertz CT molecular complexity index is 910. The Labute approximate surface area is 196 Å². The van der Waals surface area contributed by atoms with Crippen molar-refractivity contribution in [2.45, 2.75) is 106 Å². The second-order valence-electron chi connectivity index (χ2n) is 14.2. The summed E-state index contributed by atoms with van der Waals surface area (Å²) in [6.07, 6.45) is 12.1. The van der Waals surface area contributed by atoms with Gasteiger partial charge in [0.05, 0.1) is 6.10 Å². The molecule has 0 aromatic rings. The van der Waals surface area contributed by atoms with Crippen molar-refractivity contribution in [3.8, 4) is 0 Å². The molecule has 2 nitrogen and oxygen atoms in total. The normalized spacial score (nSPS) is 54.4. The van der Waals surface area contributed by atoms with Gasteiger partial charge in [-0.15, -0.1) is 0 Å². The molecule has 5 aliphatic rings. The van der Waals surface area contributed by atoms with Crippen LogP contribution in [0.4, 0.5) is 0 Å². The quantitative estimate of drug-likeness (QED) is 0.409. The van der Waals surface area contributed by atoms with Gasteiger partial charge in [0.25, 0.3) is 0 Å². The molecule has 178 valence electrons. The fourth-order valence-electron chi connectivity index (χ4n) is 10.3. The summed E-state index contributed by atoms with van der Waals surface area (Å²) in [6, 6.07) is 0. The van der Waals surface area contributed by atoms with Crippen molar-refractivity contribution in [2.24, 2.45) is 50.7 Å². The van der Waals surface area contributed by atoms with Crippen LogP contribution >= 0.6 is 0 Å². The van der Waals surface area contributed by atoms with Crippen molar-refractivity contribution in [3.05, 3.63) is 23.3 Å². The molecule has 0 amide bonds. The van der Waals surface area contributed by atoms with Crippen LogP contribution in [0.2, 0.25) is 0 Å². The topological polar surface area (TPSA) is 37.3 Å². The maximum Gasteiger partial charge on any atom is 0.159 e. The Morgan fingerprint density at radius 3 is 2.34 bits per heavy atom. The minimum Gasteiger partial charge on any atom is -0.393 e. The summed E-state index contributed by atoms with van der Waals surface area (Å²) in [6.45, 7) is 19.1. The van der Waals surface area contributed by atoms with Gasteiger partial charge in [-0.2, -0.15) is 0 Å². The first-order valence-corrected chi connectivity index (χ1v) is 13.3. The van der Waals surface area contributed by atoms with E-state index in [2.05, 4.69) is 67.5 Å². The summed E-state index contributed by atoms with van der Waals surface area (Å²) < 4.78 is 0. The number of hydrogen-bond donors (Lipinski definition) is 1. The summed E-state index contributed by atoms with van der Waals surface area (Å²) in [5, 5.41) is 10.9. The molecule has 0 heterocycles. The molecule has 32 heavy (non-hydrogen) atoms. The van der Waals surface area contributed by atoms with Gasteiger partial charge >= 0.3 is 0 Å². The highest BCUT2D eigenvalue weighted by Crippen LogP contribution is 2.74. The van der Waals surface area contributed by atoms with E-state index in [1.807, 2.05) is 0 Å². The van der Waals surface area contributed by atoms with Crippen molar-refractivity contribution in [1.82, 2.24) is 0 Å². The molecule has 2 heteroatoms. The molecule has 0 radical (unpaired) electrons. The maximum atomic E-state index is 14.2. The number of ketones is 1. The van der Waals surface area contributed by atoms with Gasteiger partial charge in [0, 0.05) is 5.92 Å². The lowest BCUT2D eigenvalue weighted by molar-refractivity contribution is -0.201. The number of carbonyl (C=O) groups excluding carboxylic acids is 1. The minimum absolute atomic E-state index is 0.00784. The largest absolute Gasteiger partial charge is 0.393 e. The molecule has 1 N–H and O–H groups in total. The first kappa shape index (κ1) is 22.9. The second-order valence-corrected chi connectivity index (χ2v) is 14.2. The fraction of sp³-hybridized carbons (Fsp3) is 0.833. The molecule has 0 spiro atoms. The van der Waals surface area contributed by atoms with Crippen LogP contribution in [0.1, 0.15) is 100 Å². The summed E-state index contributed by atoms with van der Waals surface area (Å²) in [5.74, 6) is 1.90. The number of allylic oxidation sites excluding steroid dienone is 4. The molecule has 5 aliphatic carbocycles. The van der Waals surface area contributed by atoms with Gasteiger partial charge in [-0.1, -0.05) is 65.7 Å². The Hall–Kier alpha value is -0.890. The third kappa shape index (κ3) is 2.54. The summed E-state index contributed by atoms with van der Waals surface area (Å²) in [5.41, 5.74) is 3.25. The van der Waals surface area contributed by atoms with Gasteiger partial charge in [-0.3, -0.25) is 4.79 Å². The average molecular weight is 439 g/mol. The van der Waals surface area contributed by atoms with Crippen LogP contribution in [0.25, 0.3) is 0 Å². The zero-order valence-electron chi connectivity index (χ0n) is 21.8. The van der Waals surface area contributed by atoms with Crippen LogP contribution in [-0.4, -0.2) is 17.0 Å². The molecule has 5 rings (SSSR count). The summed E-state index contributed by atoms with van der Waals surface area (Å²) >= 11 is 0. The van der Waals surface area contributed by atoms with E-state index < -0.39 is 0 Å². The van der Waals surface area contributed by atoms with Crippen LogP contribution in [0.3, 0.4) is 0 Å². The predicted molar refractivity (Wildman–Crippen MR) is 131 cm³/mol. The molecule has 9 atom stereocenters. The predicted octanol–water partition coefficient (Wildman–Crippen LogP) is 7.12. The first-order chi connectivity index (χ1) is 14.7. The van der Waals surface area contributed by atoms with E-state index in [1.54, 1.807) is 0 Å². The lowest BCUT2D eigenvalue weighted by Gasteiger charge is -2.70. The Balaban J connectivity index is 1.66. The third-order valence-corrected chi connectivity index (χ3v) is 12.6. The Morgan fingerprint density at radius 2 is 1.66 bits per heavy atom. The van der Waals surface area contributed by atoms with E-state index in [0.29, 0.717) is 23.5 Å². The number of fused-ring (bicyclic) bond motifs is 7. The van der Waals surface area contributed by atoms with Crippen molar-refractivity contribution in [1.29, 1.82) is 0 Å². The van der Waals surface area contributed by atoms with E-state index in [-0.39, 0.29) is 39.1 Å². The average Bonchev–Trinajstić information content (AvgIpc) is 2.70. The van der Waals surface area contributed by atoms with Crippen molar-refractivity contribution in [2.75, 3.05) is 0 Å². The minimum atomic E-state index is -0.251. The molecular weight excluding hydrogens is 392 g/mol. The molecule has 0 unspecified atom stereocenters. The lowest BCUT2D eigenvalue weighted by Crippen LogP contribution is -2.66. The zero-order chi connectivity index (χ0) is 23.5. The highest BCUT2D eigenvalue weighted by atomic mass is 16.3. The van der Waals surface area contributed by atoms with Gasteiger partial charge in [0.1, 0.15) is 0 Å². The van der Waals surface area contributed by atoms with Crippen LogP contribution in [-0.2, 0) is 4.79 Å². The standard InChI is InChI=1S/C30H46O2/c1-18-9-12-27(5)15-16-29(7)20(24(27)19(18)2)17-21(31)25-28(6)13-11-23(32)26(3,4)22(28)10-14-30(25,29)8/h9,17,19,22-25,32H,10-16H2,1-8H3/t19-,22+,23-,24-,25+,27+,28-,29+,30+/m0/s1.